The Kier molecular flexibility index (Phi) is 6.71. The number of amides is 1. The van der Waals surface area contributed by atoms with Crippen LogP contribution in [0, 0.1) is 13.8 Å². The first-order valence-electron chi connectivity index (χ1n) is 8.98. The van der Waals surface area contributed by atoms with Gasteiger partial charge in [0.2, 0.25) is 0 Å². The van der Waals surface area contributed by atoms with Gasteiger partial charge in [0.25, 0.3) is 15.9 Å². The number of carbonyl (C=O) groups excluding carboxylic acids is 1. The molecule has 0 aliphatic carbocycles. The number of aryl methyl sites for hydroxylation is 2. The van der Waals surface area contributed by atoms with E-state index < -0.39 is 22.5 Å². The van der Waals surface area contributed by atoms with Crippen LogP contribution in [-0.4, -0.2) is 20.9 Å². The van der Waals surface area contributed by atoms with Crippen molar-refractivity contribution in [3.05, 3.63) is 87.9 Å². The van der Waals surface area contributed by atoms with Crippen LogP contribution < -0.4 is 9.04 Å². The molecule has 0 bridgehead atoms. The third kappa shape index (κ3) is 4.95. The molecule has 8 heteroatoms. The summed E-state index contributed by atoms with van der Waals surface area (Å²) in [5.74, 6) is -0.328. The van der Waals surface area contributed by atoms with Gasteiger partial charge in [0.1, 0.15) is 5.75 Å². The summed E-state index contributed by atoms with van der Waals surface area (Å²) in [7, 11) is -4.20. The van der Waals surface area contributed by atoms with Gasteiger partial charge in [-0.2, -0.15) is 4.31 Å². The van der Waals surface area contributed by atoms with Gasteiger partial charge in [-0.25, -0.2) is 8.42 Å². The molecule has 0 saturated heterocycles. The standard InChI is InChI=1S/C22H19Cl2NO4S/c1-15-3-4-16(2)21(13-15)25(30(27,28)20-11-7-18(24)8-12-20)22(26)14-29-19-9-5-17(23)6-10-19/h3-13H,14H2,1-2H3. The van der Waals surface area contributed by atoms with E-state index in [4.69, 9.17) is 27.9 Å². The Bertz CT molecular complexity index is 1160. The van der Waals surface area contributed by atoms with Gasteiger partial charge in [-0.1, -0.05) is 35.3 Å². The van der Waals surface area contributed by atoms with Crippen molar-refractivity contribution in [3.63, 3.8) is 0 Å². The van der Waals surface area contributed by atoms with Crippen molar-refractivity contribution in [1.29, 1.82) is 0 Å². The number of anilines is 1. The van der Waals surface area contributed by atoms with Gasteiger partial charge in [0, 0.05) is 10.0 Å². The molecular weight excluding hydrogens is 445 g/mol. The monoisotopic (exact) mass is 463 g/mol. The lowest BCUT2D eigenvalue weighted by atomic mass is 10.1. The Morgan fingerprint density at radius 3 is 2.07 bits per heavy atom. The average Bonchev–Trinajstić information content (AvgIpc) is 2.70. The van der Waals surface area contributed by atoms with Crippen LogP contribution in [0.25, 0.3) is 0 Å². The second-order valence-corrected chi connectivity index (χ2v) is 9.31. The molecule has 30 heavy (non-hydrogen) atoms. The van der Waals surface area contributed by atoms with Gasteiger partial charge in [0.15, 0.2) is 6.61 Å². The zero-order valence-electron chi connectivity index (χ0n) is 16.3. The van der Waals surface area contributed by atoms with E-state index in [9.17, 15) is 13.2 Å². The van der Waals surface area contributed by atoms with E-state index in [1.54, 1.807) is 43.3 Å². The Morgan fingerprint density at radius 1 is 0.900 bits per heavy atom. The lowest BCUT2D eigenvalue weighted by molar-refractivity contribution is -0.119. The minimum atomic E-state index is -4.20. The molecule has 3 rings (SSSR count). The minimum absolute atomic E-state index is 0.0485. The van der Waals surface area contributed by atoms with Crippen molar-refractivity contribution in [2.45, 2.75) is 18.7 Å². The van der Waals surface area contributed by atoms with E-state index in [1.807, 2.05) is 13.0 Å². The second kappa shape index (κ2) is 9.08. The highest BCUT2D eigenvalue weighted by molar-refractivity contribution is 7.93. The molecule has 0 heterocycles. The Morgan fingerprint density at radius 2 is 1.47 bits per heavy atom. The molecular formula is C22H19Cl2NO4S. The maximum atomic E-state index is 13.4. The van der Waals surface area contributed by atoms with E-state index in [-0.39, 0.29) is 10.6 Å². The van der Waals surface area contributed by atoms with Crippen LogP contribution >= 0.6 is 23.2 Å². The Labute approximate surface area is 185 Å². The first kappa shape index (κ1) is 22.2. The molecule has 0 aliphatic heterocycles. The Hall–Kier alpha value is -2.54. The van der Waals surface area contributed by atoms with Crippen molar-refractivity contribution < 1.29 is 17.9 Å². The number of halogens is 2. The molecule has 0 radical (unpaired) electrons. The molecule has 3 aromatic carbocycles. The summed E-state index contributed by atoms with van der Waals surface area (Å²) >= 11 is 11.7. The molecule has 0 saturated carbocycles. The summed E-state index contributed by atoms with van der Waals surface area (Å²) < 4.78 is 33.1. The smallest absolute Gasteiger partial charge is 0.278 e. The number of hydrogen-bond donors (Lipinski definition) is 0. The molecule has 0 aliphatic rings. The topological polar surface area (TPSA) is 63.7 Å². The van der Waals surface area contributed by atoms with Crippen LogP contribution in [-0.2, 0) is 14.8 Å². The van der Waals surface area contributed by atoms with E-state index in [0.717, 1.165) is 9.87 Å². The third-order valence-corrected chi connectivity index (χ3v) is 6.59. The first-order chi connectivity index (χ1) is 14.2. The highest BCUT2D eigenvalue weighted by Gasteiger charge is 2.32. The van der Waals surface area contributed by atoms with E-state index in [0.29, 0.717) is 21.4 Å². The number of rotatable bonds is 6. The minimum Gasteiger partial charge on any atom is -0.484 e. The molecule has 156 valence electrons. The molecule has 0 aromatic heterocycles. The van der Waals surface area contributed by atoms with E-state index in [1.165, 1.54) is 24.3 Å². The van der Waals surface area contributed by atoms with Gasteiger partial charge in [0.05, 0.1) is 10.6 Å². The third-order valence-electron chi connectivity index (χ3n) is 4.34. The predicted molar refractivity (Wildman–Crippen MR) is 119 cm³/mol. The molecule has 0 unspecified atom stereocenters. The predicted octanol–water partition coefficient (Wildman–Crippen LogP) is 5.41. The van der Waals surface area contributed by atoms with Crippen molar-refractivity contribution in [2.75, 3.05) is 10.9 Å². The number of carbonyl (C=O) groups is 1. The summed E-state index contributed by atoms with van der Waals surface area (Å²) in [6.45, 7) is 3.10. The fourth-order valence-corrected chi connectivity index (χ4v) is 4.50. The maximum absolute atomic E-state index is 13.4. The summed E-state index contributed by atoms with van der Waals surface area (Å²) in [5, 5.41) is 0.917. The highest BCUT2D eigenvalue weighted by atomic mass is 35.5. The van der Waals surface area contributed by atoms with E-state index in [2.05, 4.69) is 0 Å². The number of sulfonamides is 1. The average molecular weight is 464 g/mol. The lowest BCUT2D eigenvalue weighted by Gasteiger charge is -2.24. The molecule has 1 amide bonds. The lowest BCUT2D eigenvalue weighted by Crippen LogP contribution is -2.40. The number of hydrogen-bond acceptors (Lipinski definition) is 4. The van der Waals surface area contributed by atoms with Crippen LogP contribution in [0.5, 0.6) is 5.75 Å². The second-order valence-electron chi connectivity index (χ2n) is 6.65. The van der Waals surface area contributed by atoms with Crippen LogP contribution in [0.1, 0.15) is 11.1 Å². The van der Waals surface area contributed by atoms with Crippen LogP contribution in [0.3, 0.4) is 0 Å². The highest BCUT2D eigenvalue weighted by Crippen LogP contribution is 2.29. The van der Waals surface area contributed by atoms with Gasteiger partial charge in [-0.05, 0) is 79.6 Å². The summed E-state index contributed by atoms with van der Waals surface area (Å²) in [6.07, 6.45) is 0. The molecule has 0 fully saturated rings. The van der Waals surface area contributed by atoms with Gasteiger partial charge < -0.3 is 4.74 Å². The number of ether oxygens (including phenoxy) is 1. The fourth-order valence-electron chi connectivity index (χ4n) is 2.78. The number of nitrogens with zero attached hydrogens (tertiary/aromatic N) is 1. The van der Waals surface area contributed by atoms with E-state index >= 15 is 0 Å². The molecule has 5 nitrogen and oxygen atoms in total. The quantitative estimate of drug-likeness (QED) is 0.489. The van der Waals surface area contributed by atoms with Crippen molar-refractivity contribution >= 4 is 44.8 Å². The molecule has 3 aromatic rings. The van der Waals surface area contributed by atoms with Gasteiger partial charge >= 0.3 is 0 Å². The van der Waals surface area contributed by atoms with Gasteiger partial charge in [-0.15, -0.1) is 0 Å². The zero-order valence-corrected chi connectivity index (χ0v) is 18.6. The van der Waals surface area contributed by atoms with Crippen molar-refractivity contribution in [2.24, 2.45) is 0 Å². The van der Waals surface area contributed by atoms with Crippen LogP contribution in [0.2, 0.25) is 10.0 Å². The summed E-state index contributed by atoms with van der Waals surface area (Å²) in [5.41, 5.74) is 1.73. The summed E-state index contributed by atoms with van der Waals surface area (Å²) in [4.78, 5) is 13.1. The first-order valence-corrected chi connectivity index (χ1v) is 11.2. The van der Waals surface area contributed by atoms with Crippen molar-refractivity contribution in [1.82, 2.24) is 0 Å². The Balaban J connectivity index is 2.00. The summed E-state index contributed by atoms with van der Waals surface area (Å²) in [6, 6.07) is 17.4. The fraction of sp³-hybridized carbons (Fsp3) is 0.136. The molecule has 0 N–H and O–H groups in total. The molecule has 0 spiro atoms. The number of benzene rings is 3. The maximum Gasteiger partial charge on any atom is 0.278 e. The van der Waals surface area contributed by atoms with Crippen LogP contribution in [0.4, 0.5) is 5.69 Å². The van der Waals surface area contributed by atoms with Gasteiger partial charge in [-0.3, -0.25) is 4.79 Å². The molecule has 0 atom stereocenters. The normalized spacial score (nSPS) is 11.2. The SMILES string of the molecule is Cc1ccc(C)c(N(C(=O)COc2ccc(Cl)cc2)S(=O)(=O)c2ccc(Cl)cc2)c1. The largest absolute Gasteiger partial charge is 0.484 e. The van der Waals surface area contributed by atoms with Crippen LogP contribution in [0.15, 0.2) is 71.6 Å². The zero-order chi connectivity index (χ0) is 21.9. The van der Waals surface area contributed by atoms with Crippen molar-refractivity contribution in [3.8, 4) is 5.75 Å².